The van der Waals surface area contributed by atoms with Gasteiger partial charge in [-0.2, -0.15) is 0 Å². The van der Waals surface area contributed by atoms with Crippen molar-refractivity contribution in [3.05, 3.63) is 47.2 Å². The monoisotopic (exact) mass is 234 g/mol. The highest BCUT2D eigenvalue weighted by atomic mass is 16.5. The van der Waals surface area contributed by atoms with E-state index >= 15 is 0 Å². The molecule has 2 N–H and O–H groups in total. The zero-order chi connectivity index (χ0) is 12.3. The SMILES string of the molecule is O=C(O)C1=C(O)CC(OCc2ccccc2)C1. The summed E-state index contributed by atoms with van der Waals surface area (Å²) in [7, 11) is 0. The second-order valence-electron chi connectivity index (χ2n) is 4.06. The standard InChI is InChI=1S/C13H14O4/c14-12-7-10(6-11(12)13(15)16)17-8-9-4-2-1-3-5-9/h1-5,10,14H,6-8H2,(H,15,16). The van der Waals surface area contributed by atoms with E-state index in [0.717, 1.165) is 5.56 Å². The number of aliphatic hydroxyl groups is 1. The molecule has 4 heteroatoms. The number of hydrogen-bond acceptors (Lipinski definition) is 3. The van der Waals surface area contributed by atoms with E-state index in [1.165, 1.54) is 0 Å². The first-order chi connectivity index (χ1) is 8.16. The molecular weight excluding hydrogens is 220 g/mol. The average molecular weight is 234 g/mol. The summed E-state index contributed by atoms with van der Waals surface area (Å²) in [6.07, 6.45) is 0.323. The van der Waals surface area contributed by atoms with Gasteiger partial charge in [0.05, 0.1) is 18.3 Å². The van der Waals surface area contributed by atoms with Crippen molar-refractivity contribution < 1.29 is 19.7 Å². The molecule has 0 spiro atoms. The van der Waals surface area contributed by atoms with Crippen LogP contribution in [0, 0.1) is 0 Å². The van der Waals surface area contributed by atoms with E-state index in [9.17, 15) is 9.90 Å². The molecule has 0 radical (unpaired) electrons. The molecule has 0 saturated heterocycles. The van der Waals surface area contributed by atoms with Crippen LogP contribution >= 0.6 is 0 Å². The number of carboxylic acids is 1. The molecule has 1 atom stereocenters. The first-order valence-corrected chi connectivity index (χ1v) is 5.46. The van der Waals surface area contributed by atoms with E-state index < -0.39 is 5.97 Å². The number of carbonyl (C=O) groups is 1. The van der Waals surface area contributed by atoms with Crippen LogP contribution in [0.15, 0.2) is 41.7 Å². The summed E-state index contributed by atoms with van der Waals surface area (Å²) < 4.78 is 5.57. The van der Waals surface area contributed by atoms with Gasteiger partial charge in [0.2, 0.25) is 0 Å². The molecule has 17 heavy (non-hydrogen) atoms. The molecule has 1 aromatic carbocycles. The van der Waals surface area contributed by atoms with Crippen LogP contribution < -0.4 is 0 Å². The summed E-state index contributed by atoms with van der Waals surface area (Å²) in [5, 5.41) is 18.3. The highest BCUT2D eigenvalue weighted by molar-refractivity contribution is 5.87. The van der Waals surface area contributed by atoms with Gasteiger partial charge in [0, 0.05) is 12.8 Å². The van der Waals surface area contributed by atoms with E-state index in [2.05, 4.69) is 0 Å². The maximum absolute atomic E-state index is 10.8. The second-order valence-corrected chi connectivity index (χ2v) is 4.06. The summed E-state index contributed by atoms with van der Waals surface area (Å²) in [6, 6.07) is 9.66. The van der Waals surface area contributed by atoms with Crippen molar-refractivity contribution in [3.63, 3.8) is 0 Å². The first kappa shape index (κ1) is 11.7. The summed E-state index contributed by atoms with van der Waals surface area (Å²) in [6.45, 7) is 0.436. The molecule has 1 unspecified atom stereocenters. The number of carboxylic acid groups (broad SMARTS) is 1. The molecule has 1 aliphatic rings. The number of rotatable bonds is 4. The number of hydrogen-bond donors (Lipinski definition) is 2. The minimum atomic E-state index is -1.06. The molecule has 90 valence electrons. The third-order valence-electron chi connectivity index (χ3n) is 2.79. The van der Waals surface area contributed by atoms with Crippen molar-refractivity contribution in [1.82, 2.24) is 0 Å². The van der Waals surface area contributed by atoms with Crippen molar-refractivity contribution in [2.45, 2.75) is 25.6 Å². The van der Waals surface area contributed by atoms with Crippen LogP contribution in [-0.2, 0) is 16.1 Å². The van der Waals surface area contributed by atoms with Crippen molar-refractivity contribution in [1.29, 1.82) is 0 Å². The van der Waals surface area contributed by atoms with Gasteiger partial charge in [-0.1, -0.05) is 30.3 Å². The van der Waals surface area contributed by atoms with Crippen molar-refractivity contribution in [2.75, 3.05) is 0 Å². The number of benzene rings is 1. The van der Waals surface area contributed by atoms with E-state index in [1.54, 1.807) is 0 Å². The third kappa shape index (κ3) is 2.85. The van der Waals surface area contributed by atoms with Gasteiger partial charge in [-0.25, -0.2) is 4.79 Å². The number of ether oxygens (including phenoxy) is 1. The predicted molar refractivity (Wildman–Crippen MR) is 61.5 cm³/mol. The summed E-state index contributed by atoms with van der Waals surface area (Å²) >= 11 is 0. The lowest BCUT2D eigenvalue weighted by atomic mass is 10.2. The third-order valence-corrected chi connectivity index (χ3v) is 2.79. The Bertz CT molecular complexity index is 436. The Morgan fingerprint density at radius 2 is 2.00 bits per heavy atom. The lowest BCUT2D eigenvalue weighted by Gasteiger charge is -2.11. The topological polar surface area (TPSA) is 66.8 Å². The summed E-state index contributed by atoms with van der Waals surface area (Å²) in [5.74, 6) is -1.12. The molecule has 0 aliphatic heterocycles. The smallest absolute Gasteiger partial charge is 0.335 e. The van der Waals surface area contributed by atoms with E-state index in [1.807, 2.05) is 30.3 Å². The molecule has 0 heterocycles. The molecule has 4 nitrogen and oxygen atoms in total. The Balaban J connectivity index is 1.86. The van der Waals surface area contributed by atoms with Gasteiger partial charge in [0.25, 0.3) is 0 Å². The molecule has 1 aromatic rings. The van der Waals surface area contributed by atoms with Crippen LogP contribution in [0.25, 0.3) is 0 Å². The Labute approximate surface area is 99.2 Å². The van der Waals surface area contributed by atoms with Crippen molar-refractivity contribution in [3.8, 4) is 0 Å². The van der Waals surface area contributed by atoms with Crippen LogP contribution in [0.4, 0.5) is 0 Å². The van der Waals surface area contributed by atoms with Crippen molar-refractivity contribution >= 4 is 5.97 Å². The van der Waals surface area contributed by atoms with Crippen LogP contribution in [0.1, 0.15) is 18.4 Å². The molecule has 0 saturated carbocycles. The van der Waals surface area contributed by atoms with E-state index in [4.69, 9.17) is 9.84 Å². The fourth-order valence-corrected chi connectivity index (χ4v) is 1.87. The highest BCUT2D eigenvalue weighted by Crippen LogP contribution is 2.27. The Hall–Kier alpha value is -1.81. The van der Waals surface area contributed by atoms with Gasteiger partial charge in [0.15, 0.2) is 0 Å². The maximum atomic E-state index is 10.8. The Morgan fingerprint density at radius 1 is 1.29 bits per heavy atom. The second kappa shape index (κ2) is 5.01. The van der Waals surface area contributed by atoms with Gasteiger partial charge in [-0.3, -0.25) is 0 Å². The predicted octanol–water partition coefficient (Wildman–Crippen LogP) is 2.26. The average Bonchev–Trinajstić information content (AvgIpc) is 2.69. The number of aliphatic hydroxyl groups excluding tert-OH is 1. The zero-order valence-electron chi connectivity index (χ0n) is 9.30. The van der Waals surface area contributed by atoms with Gasteiger partial charge < -0.3 is 14.9 Å². The lowest BCUT2D eigenvalue weighted by molar-refractivity contribution is -0.133. The Kier molecular flexibility index (Phi) is 3.44. The fraction of sp³-hybridized carbons (Fsp3) is 0.308. The first-order valence-electron chi connectivity index (χ1n) is 5.46. The van der Waals surface area contributed by atoms with E-state index in [-0.39, 0.29) is 30.3 Å². The largest absolute Gasteiger partial charge is 0.512 e. The minimum absolute atomic E-state index is 0.0597. The minimum Gasteiger partial charge on any atom is -0.512 e. The molecule has 0 bridgehead atoms. The molecule has 0 fully saturated rings. The van der Waals surface area contributed by atoms with E-state index in [0.29, 0.717) is 6.61 Å². The van der Waals surface area contributed by atoms with Crippen LogP contribution in [-0.4, -0.2) is 22.3 Å². The fourth-order valence-electron chi connectivity index (χ4n) is 1.87. The van der Waals surface area contributed by atoms with Gasteiger partial charge >= 0.3 is 5.97 Å². The highest BCUT2D eigenvalue weighted by Gasteiger charge is 2.28. The van der Waals surface area contributed by atoms with Gasteiger partial charge in [0.1, 0.15) is 5.76 Å². The van der Waals surface area contributed by atoms with Crippen LogP contribution in [0.5, 0.6) is 0 Å². The summed E-state index contributed by atoms with van der Waals surface area (Å²) in [4.78, 5) is 10.8. The van der Waals surface area contributed by atoms with Crippen LogP contribution in [0.3, 0.4) is 0 Å². The van der Waals surface area contributed by atoms with Gasteiger partial charge in [-0.15, -0.1) is 0 Å². The van der Waals surface area contributed by atoms with Gasteiger partial charge in [-0.05, 0) is 5.56 Å². The maximum Gasteiger partial charge on any atom is 0.335 e. The quantitative estimate of drug-likeness (QED) is 0.838. The number of aliphatic carboxylic acids is 1. The molecule has 1 aliphatic carbocycles. The molecular formula is C13H14O4. The Morgan fingerprint density at radius 3 is 2.59 bits per heavy atom. The van der Waals surface area contributed by atoms with Crippen LogP contribution in [0.2, 0.25) is 0 Å². The molecule has 2 rings (SSSR count). The van der Waals surface area contributed by atoms with Crippen molar-refractivity contribution in [2.24, 2.45) is 0 Å². The zero-order valence-corrected chi connectivity index (χ0v) is 9.30. The lowest BCUT2D eigenvalue weighted by Crippen LogP contribution is -2.10. The molecule has 0 aromatic heterocycles. The molecule has 0 amide bonds. The summed E-state index contributed by atoms with van der Waals surface area (Å²) in [5.41, 5.74) is 1.11. The normalized spacial score (nSPS) is 19.6.